The van der Waals surface area contributed by atoms with Crippen molar-refractivity contribution in [3.8, 4) is 0 Å². The second-order valence-corrected chi connectivity index (χ2v) is 7.89. The van der Waals surface area contributed by atoms with Gasteiger partial charge in [-0.05, 0) is 18.6 Å². The molecule has 2 aliphatic rings. The number of ketones is 1. The molecule has 1 unspecified atom stereocenters. The number of carbonyl (C=O) groups excluding carboxylic acids is 1. The number of Topliss-reactive ketones (excluding diaryl/α,β-unsaturated/α-hetero) is 1. The number of rotatable bonds is 2. The molecule has 0 bridgehead atoms. The van der Waals surface area contributed by atoms with E-state index in [-0.39, 0.29) is 29.1 Å². The second-order valence-electron chi connectivity index (χ2n) is 5.89. The van der Waals surface area contributed by atoms with Crippen molar-refractivity contribution in [2.24, 2.45) is 5.41 Å². The highest BCUT2D eigenvalue weighted by atomic mass is 32.2. The minimum Gasteiger partial charge on any atom is -0.300 e. The third-order valence-electron chi connectivity index (χ3n) is 4.26. The molecule has 1 saturated carbocycles. The maximum atomic E-state index is 12.6. The Kier molecular flexibility index (Phi) is 3.16. The van der Waals surface area contributed by atoms with Gasteiger partial charge in [0.2, 0.25) is 0 Å². The lowest BCUT2D eigenvalue weighted by atomic mass is 9.63. The minimum atomic E-state index is -4.62. The second kappa shape index (κ2) is 4.51. The van der Waals surface area contributed by atoms with Crippen LogP contribution in [0.2, 0.25) is 0 Å². The topological polar surface area (TPSA) is 76.1 Å². The van der Waals surface area contributed by atoms with Gasteiger partial charge in [0.25, 0.3) is 0 Å². The Hall–Kier alpha value is -1.48. The Balaban J connectivity index is 1.95. The summed E-state index contributed by atoms with van der Waals surface area (Å²) in [5, 5.41) is 1.84. The number of nitrogens with zero attached hydrogens (tertiary/aromatic N) is 1. The number of aromatic nitrogens is 1. The smallest absolute Gasteiger partial charge is 0.300 e. The van der Waals surface area contributed by atoms with Crippen molar-refractivity contribution >= 4 is 15.6 Å². The summed E-state index contributed by atoms with van der Waals surface area (Å²) in [4.78, 5) is 14.2. The van der Waals surface area contributed by atoms with Gasteiger partial charge in [0, 0.05) is 31.0 Å². The van der Waals surface area contributed by atoms with E-state index < -0.39 is 32.5 Å². The van der Waals surface area contributed by atoms with E-state index in [4.69, 9.17) is 0 Å². The van der Waals surface area contributed by atoms with Crippen LogP contribution in [0.3, 0.4) is 0 Å². The minimum absolute atomic E-state index is 0.00294. The molecular weight excluding hydrogens is 321 g/mol. The van der Waals surface area contributed by atoms with Crippen LogP contribution >= 0.6 is 0 Å². The maximum Gasteiger partial charge on any atom is 0.433 e. The maximum absolute atomic E-state index is 12.6. The summed E-state index contributed by atoms with van der Waals surface area (Å²) in [5.74, 6) is 0.00367. The normalized spacial score (nSPS) is 24.0. The van der Waals surface area contributed by atoms with Gasteiger partial charge in [-0.2, -0.15) is 13.2 Å². The summed E-state index contributed by atoms with van der Waals surface area (Å²) in [6, 6.07) is 0.726. The third kappa shape index (κ3) is 2.14. The number of hydrogen-bond donors (Lipinski definition) is 1. The lowest BCUT2D eigenvalue weighted by Crippen LogP contribution is -2.70. The molecule has 2 fully saturated rings. The van der Waals surface area contributed by atoms with E-state index >= 15 is 0 Å². The Morgan fingerprint density at radius 3 is 2.41 bits per heavy atom. The molecule has 1 saturated heterocycles. The molecule has 120 valence electrons. The number of carbonyl (C=O) groups is 1. The van der Waals surface area contributed by atoms with E-state index in [0.717, 1.165) is 12.3 Å². The zero-order valence-electron chi connectivity index (χ0n) is 11.6. The van der Waals surface area contributed by atoms with Gasteiger partial charge in [0.1, 0.15) is 16.9 Å². The van der Waals surface area contributed by atoms with Crippen molar-refractivity contribution in [2.45, 2.75) is 36.2 Å². The summed E-state index contributed by atoms with van der Waals surface area (Å²) >= 11 is 0. The molecule has 1 spiro atoms. The first kappa shape index (κ1) is 15.4. The van der Waals surface area contributed by atoms with E-state index in [9.17, 15) is 26.4 Å². The molecule has 3 rings (SSSR count). The molecule has 1 atom stereocenters. The fraction of sp³-hybridized carbons (Fsp3) is 0.538. The van der Waals surface area contributed by atoms with Crippen molar-refractivity contribution in [2.75, 3.05) is 6.54 Å². The van der Waals surface area contributed by atoms with Gasteiger partial charge in [0.05, 0.1) is 4.90 Å². The summed E-state index contributed by atoms with van der Waals surface area (Å²) in [6.07, 6.45) is -3.49. The Labute approximate surface area is 124 Å². The summed E-state index contributed by atoms with van der Waals surface area (Å²) in [7, 11) is -3.88. The Morgan fingerprint density at radius 1 is 1.36 bits per heavy atom. The van der Waals surface area contributed by atoms with Gasteiger partial charge in [-0.15, -0.1) is 0 Å². The highest BCUT2D eigenvalue weighted by molar-refractivity contribution is 7.92. The van der Waals surface area contributed by atoms with Crippen molar-refractivity contribution in [1.29, 1.82) is 0 Å². The largest absolute Gasteiger partial charge is 0.433 e. The molecule has 1 aromatic rings. The molecule has 0 radical (unpaired) electrons. The fourth-order valence-corrected chi connectivity index (χ4v) is 5.25. The van der Waals surface area contributed by atoms with E-state index in [1.54, 1.807) is 0 Å². The summed E-state index contributed by atoms with van der Waals surface area (Å²) in [6.45, 7) is 1.73. The van der Waals surface area contributed by atoms with Crippen molar-refractivity contribution in [3.63, 3.8) is 0 Å². The number of sulfone groups is 1. The molecule has 1 aromatic heterocycles. The van der Waals surface area contributed by atoms with Gasteiger partial charge in [-0.25, -0.2) is 8.42 Å². The number of alkyl halides is 3. The lowest BCUT2D eigenvalue weighted by molar-refractivity contribution is -0.141. The summed E-state index contributed by atoms with van der Waals surface area (Å²) in [5.41, 5.74) is -1.73. The Bertz CT molecular complexity index is 750. The molecular formula is C13H13F3N2O3S. The van der Waals surface area contributed by atoms with Gasteiger partial charge in [0.15, 0.2) is 9.84 Å². The number of aryl methyl sites for hydroxylation is 1. The standard InChI is InChI=1S/C13H13F3N2O3S/c1-7-2-10(13(14,15)16)17-5-9(7)22(20,21)11-12(6-18-11)3-8(19)4-12/h2,5,11,18H,3-4,6H2,1H3. The van der Waals surface area contributed by atoms with Crippen LogP contribution in [0.4, 0.5) is 13.2 Å². The van der Waals surface area contributed by atoms with Crippen molar-refractivity contribution in [1.82, 2.24) is 10.3 Å². The third-order valence-corrected chi connectivity index (χ3v) is 6.59. The zero-order valence-corrected chi connectivity index (χ0v) is 12.4. The first-order chi connectivity index (χ1) is 10.1. The van der Waals surface area contributed by atoms with Crippen molar-refractivity contribution in [3.05, 3.63) is 23.5 Å². The number of pyridine rings is 1. The van der Waals surface area contributed by atoms with Gasteiger partial charge < -0.3 is 0 Å². The Morgan fingerprint density at radius 2 is 2.00 bits per heavy atom. The SMILES string of the molecule is Cc1cc(C(F)(F)F)ncc1S(=O)(=O)C1NCC12CC(=O)C2. The summed E-state index contributed by atoms with van der Waals surface area (Å²) < 4.78 is 63.0. The van der Waals surface area contributed by atoms with Crippen LogP contribution in [0, 0.1) is 12.3 Å². The van der Waals surface area contributed by atoms with Crippen LogP contribution in [0.5, 0.6) is 0 Å². The van der Waals surface area contributed by atoms with Crippen LogP contribution in [0.15, 0.2) is 17.2 Å². The van der Waals surface area contributed by atoms with Gasteiger partial charge in [-0.1, -0.05) is 0 Å². The highest BCUT2D eigenvalue weighted by Gasteiger charge is 2.60. The number of hydrogen-bond acceptors (Lipinski definition) is 5. The fourth-order valence-electron chi connectivity index (χ4n) is 3.08. The van der Waals surface area contributed by atoms with Crippen molar-refractivity contribution < 1.29 is 26.4 Å². The zero-order chi connectivity index (χ0) is 16.3. The van der Waals surface area contributed by atoms with E-state index in [1.807, 2.05) is 0 Å². The van der Waals surface area contributed by atoms with Gasteiger partial charge >= 0.3 is 6.18 Å². The van der Waals surface area contributed by atoms with E-state index in [0.29, 0.717) is 6.54 Å². The molecule has 22 heavy (non-hydrogen) atoms. The number of nitrogens with one attached hydrogen (secondary N) is 1. The molecule has 0 amide bonds. The van der Waals surface area contributed by atoms with Crippen LogP contribution < -0.4 is 5.32 Å². The average Bonchev–Trinajstić information content (AvgIpc) is 2.31. The quantitative estimate of drug-likeness (QED) is 0.886. The molecule has 1 N–H and O–H groups in total. The highest BCUT2D eigenvalue weighted by Crippen LogP contribution is 2.49. The first-order valence-corrected chi connectivity index (χ1v) is 8.14. The number of halogens is 3. The molecule has 1 aliphatic heterocycles. The van der Waals surface area contributed by atoms with Gasteiger partial charge in [-0.3, -0.25) is 15.1 Å². The first-order valence-electron chi connectivity index (χ1n) is 6.59. The predicted molar refractivity (Wildman–Crippen MR) is 69.6 cm³/mol. The molecule has 2 heterocycles. The van der Waals surface area contributed by atoms with Crippen LogP contribution in [0.1, 0.15) is 24.1 Å². The monoisotopic (exact) mass is 334 g/mol. The van der Waals surface area contributed by atoms with Crippen LogP contribution in [-0.4, -0.2) is 31.1 Å². The lowest BCUT2D eigenvalue weighted by Gasteiger charge is -2.54. The molecule has 9 heteroatoms. The molecule has 5 nitrogen and oxygen atoms in total. The van der Waals surface area contributed by atoms with E-state index in [1.165, 1.54) is 6.92 Å². The van der Waals surface area contributed by atoms with E-state index in [2.05, 4.69) is 10.3 Å². The van der Waals surface area contributed by atoms with Crippen LogP contribution in [0.25, 0.3) is 0 Å². The molecule has 0 aromatic carbocycles. The molecule has 1 aliphatic carbocycles. The predicted octanol–water partition coefficient (Wildman–Crippen LogP) is 1.46. The average molecular weight is 334 g/mol. The van der Waals surface area contributed by atoms with Crippen LogP contribution in [-0.2, 0) is 20.8 Å².